The van der Waals surface area contributed by atoms with Gasteiger partial charge in [0.15, 0.2) is 12.6 Å². The molecule has 43 heavy (non-hydrogen) atoms. The lowest BCUT2D eigenvalue weighted by Gasteiger charge is -2.31. The van der Waals surface area contributed by atoms with Crippen LogP contribution in [0.5, 0.6) is 0 Å². The fourth-order valence-electron chi connectivity index (χ4n) is 7.57. The van der Waals surface area contributed by atoms with E-state index < -0.39 is 6.10 Å². The average Bonchev–Trinajstić information content (AvgIpc) is 3.61. The fourth-order valence-corrected chi connectivity index (χ4v) is 7.57. The van der Waals surface area contributed by atoms with Crippen LogP contribution in [0.3, 0.4) is 0 Å². The molecule has 2 aliphatic carbocycles. The van der Waals surface area contributed by atoms with Crippen LogP contribution in [0.25, 0.3) is 0 Å². The molecule has 0 amide bonds. The van der Waals surface area contributed by atoms with E-state index in [1.807, 2.05) is 0 Å². The van der Waals surface area contributed by atoms with Crippen LogP contribution in [0.15, 0.2) is 12.2 Å². The van der Waals surface area contributed by atoms with E-state index in [2.05, 4.69) is 19.1 Å². The van der Waals surface area contributed by atoms with Gasteiger partial charge in [0.25, 0.3) is 0 Å². The largest absolute Gasteiger partial charge is 0.469 e. The zero-order valence-electron chi connectivity index (χ0n) is 26.8. The molecule has 8 nitrogen and oxygen atoms in total. The van der Waals surface area contributed by atoms with Gasteiger partial charge in [-0.05, 0) is 76.0 Å². The van der Waals surface area contributed by atoms with Crippen molar-refractivity contribution < 1.29 is 38.4 Å². The third-order valence-corrected chi connectivity index (χ3v) is 10.1. The Labute approximate surface area is 259 Å². The van der Waals surface area contributed by atoms with Crippen molar-refractivity contribution in [1.82, 2.24) is 0 Å². The molecule has 4 unspecified atom stereocenters. The first-order valence-electron chi connectivity index (χ1n) is 17.5. The second-order valence-electron chi connectivity index (χ2n) is 13.4. The molecule has 1 N–H and O–H groups in total. The van der Waals surface area contributed by atoms with Gasteiger partial charge < -0.3 is 28.8 Å². The van der Waals surface area contributed by atoms with Crippen molar-refractivity contribution in [1.29, 1.82) is 0 Å². The van der Waals surface area contributed by atoms with E-state index in [9.17, 15) is 14.7 Å². The molecule has 4 fully saturated rings. The molecule has 0 spiro atoms. The Bertz CT molecular complexity index is 849. The maximum Gasteiger partial charge on any atom is 0.305 e. The molecule has 4 aliphatic rings. The average molecular weight is 607 g/mol. The number of ether oxygens (including phenoxy) is 5. The van der Waals surface area contributed by atoms with E-state index in [-0.39, 0.29) is 48.4 Å². The first-order valence-corrected chi connectivity index (χ1v) is 17.5. The Balaban J connectivity index is 1.45. The van der Waals surface area contributed by atoms with Gasteiger partial charge in [-0.1, -0.05) is 44.8 Å². The molecule has 0 aromatic heterocycles. The molecule has 0 aromatic rings. The second-order valence-corrected chi connectivity index (χ2v) is 13.4. The number of methoxy groups -OCH3 is 1. The lowest BCUT2D eigenvalue weighted by molar-refractivity contribution is -0.193. The van der Waals surface area contributed by atoms with Gasteiger partial charge in [0, 0.05) is 50.7 Å². The van der Waals surface area contributed by atoms with Gasteiger partial charge in [-0.3, -0.25) is 9.59 Å². The molecule has 0 aromatic carbocycles. The number of carbonyl (C=O) groups excluding carboxylic acids is 2. The number of aliphatic hydroxyl groups excluding tert-OH is 1. The normalized spacial score (nSPS) is 34.0. The molecule has 8 heteroatoms. The van der Waals surface area contributed by atoms with E-state index in [1.54, 1.807) is 0 Å². The van der Waals surface area contributed by atoms with Crippen molar-refractivity contribution in [2.24, 2.45) is 23.7 Å². The van der Waals surface area contributed by atoms with Crippen LogP contribution >= 0.6 is 0 Å². The summed E-state index contributed by atoms with van der Waals surface area (Å²) in [4.78, 5) is 24.5. The summed E-state index contributed by atoms with van der Waals surface area (Å²) >= 11 is 0. The third kappa shape index (κ3) is 11.2. The highest BCUT2D eigenvalue weighted by Crippen LogP contribution is 2.42. The van der Waals surface area contributed by atoms with Crippen molar-refractivity contribution in [3.8, 4) is 0 Å². The Morgan fingerprint density at radius 3 is 2.37 bits per heavy atom. The molecular weight excluding hydrogens is 548 g/mol. The molecular formula is C35H58O8. The van der Waals surface area contributed by atoms with Crippen molar-refractivity contribution in [2.75, 3.05) is 20.3 Å². The minimum Gasteiger partial charge on any atom is -0.469 e. The minimum absolute atomic E-state index is 0.0475. The quantitative estimate of drug-likeness (QED) is 0.111. The number of ketones is 1. The van der Waals surface area contributed by atoms with Gasteiger partial charge in [0.1, 0.15) is 5.78 Å². The van der Waals surface area contributed by atoms with E-state index in [1.165, 1.54) is 39.2 Å². The van der Waals surface area contributed by atoms with Gasteiger partial charge in [0.2, 0.25) is 0 Å². The topological polar surface area (TPSA) is 101 Å². The molecule has 2 heterocycles. The van der Waals surface area contributed by atoms with Gasteiger partial charge in [-0.2, -0.15) is 0 Å². The molecule has 2 aliphatic heterocycles. The van der Waals surface area contributed by atoms with E-state index >= 15 is 0 Å². The summed E-state index contributed by atoms with van der Waals surface area (Å²) in [6, 6.07) is 0. The molecule has 246 valence electrons. The first-order chi connectivity index (χ1) is 21.0. The monoisotopic (exact) mass is 606 g/mol. The molecule has 2 saturated carbocycles. The zero-order chi connectivity index (χ0) is 30.4. The van der Waals surface area contributed by atoms with E-state index in [0.717, 1.165) is 57.5 Å². The van der Waals surface area contributed by atoms with Crippen molar-refractivity contribution in [3.63, 3.8) is 0 Å². The molecule has 0 bridgehead atoms. The van der Waals surface area contributed by atoms with Gasteiger partial charge in [-0.15, -0.1) is 0 Å². The Kier molecular flexibility index (Phi) is 14.9. The first kappa shape index (κ1) is 34.6. The summed E-state index contributed by atoms with van der Waals surface area (Å²) in [6.07, 6.45) is 19.4. The standard InChI is InChI=1S/C35H58O8/c1-3-4-11-25-16-17-26(22-25)31(42-34-14-7-9-20-40-34)19-18-28-29(23-27(36)12-5-6-13-33(38)39-2)30(37)24-32(28)43-35-15-8-10-21-41-35/h18-19,25-26,28-32,34-35,37H,3-17,20-24H2,1-2H3/b19-18+/t25?,26?,28-,29-,30+,31-,32-,34?,35?/m1/s1. The predicted molar refractivity (Wildman–Crippen MR) is 164 cm³/mol. The van der Waals surface area contributed by atoms with Gasteiger partial charge >= 0.3 is 5.97 Å². The Morgan fingerprint density at radius 1 is 0.930 bits per heavy atom. The van der Waals surface area contributed by atoms with Crippen LogP contribution < -0.4 is 0 Å². The summed E-state index contributed by atoms with van der Waals surface area (Å²) in [5.41, 5.74) is 0. The fraction of sp³-hybridized carbons (Fsp3) is 0.886. The Morgan fingerprint density at radius 2 is 1.67 bits per heavy atom. The number of Topliss-reactive ketones (excluding diaryl/α,β-unsaturated/α-hetero) is 1. The Hall–Kier alpha value is -1.32. The number of carbonyl (C=O) groups is 2. The van der Waals surface area contributed by atoms with Crippen LogP contribution in [0.4, 0.5) is 0 Å². The van der Waals surface area contributed by atoms with Crippen molar-refractivity contribution in [3.05, 3.63) is 12.2 Å². The highest BCUT2D eigenvalue weighted by Gasteiger charge is 2.44. The number of rotatable bonds is 17. The highest BCUT2D eigenvalue weighted by molar-refractivity contribution is 5.79. The van der Waals surface area contributed by atoms with Crippen LogP contribution in [0.2, 0.25) is 0 Å². The van der Waals surface area contributed by atoms with E-state index in [0.29, 0.717) is 51.0 Å². The van der Waals surface area contributed by atoms with Crippen molar-refractivity contribution >= 4 is 11.8 Å². The van der Waals surface area contributed by atoms with E-state index in [4.69, 9.17) is 23.7 Å². The molecule has 9 atom stereocenters. The number of hydrogen-bond acceptors (Lipinski definition) is 8. The molecule has 4 rings (SSSR count). The summed E-state index contributed by atoms with van der Waals surface area (Å²) in [7, 11) is 1.38. The van der Waals surface area contributed by atoms with Crippen LogP contribution in [-0.4, -0.2) is 68.1 Å². The summed E-state index contributed by atoms with van der Waals surface area (Å²) in [5, 5.41) is 11.2. The summed E-state index contributed by atoms with van der Waals surface area (Å²) in [6.45, 7) is 3.71. The maximum atomic E-state index is 13.1. The second kappa shape index (κ2) is 18.6. The zero-order valence-corrected chi connectivity index (χ0v) is 26.8. The van der Waals surface area contributed by atoms with Crippen LogP contribution in [0.1, 0.15) is 122 Å². The van der Waals surface area contributed by atoms with Gasteiger partial charge in [-0.25, -0.2) is 0 Å². The predicted octanol–water partition coefficient (Wildman–Crippen LogP) is 6.66. The highest BCUT2D eigenvalue weighted by atomic mass is 16.7. The minimum atomic E-state index is -0.617. The van der Waals surface area contributed by atoms with Crippen LogP contribution in [0, 0.1) is 23.7 Å². The van der Waals surface area contributed by atoms with Crippen molar-refractivity contribution in [2.45, 2.75) is 153 Å². The smallest absolute Gasteiger partial charge is 0.305 e. The number of hydrogen-bond donors (Lipinski definition) is 1. The van der Waals surface area contributed by atoms with Gasteiger partial charge in [0.05, 0.1) is 25.4 Å². The lowest BCUT2D eigenvalue weighted by Crippen LogP contribution is -2.33. The lowest BCUT2D eigenvalue weighted by atomic mass is 9.86. The SMILES string of the molecule is CCCCC1CCC([C@@H](/C=C/[C@@H]2[C@@H](CC(=O)CCCCC(=O)OC)[C@@H](O)C[C@H]2OC2CCCCO2)OC2CCCCO2)C1. The number of aliphatic hydroxyl groups is 1. The molecule has 0 radical (unpaired) electrons. The molecule has 2 saturated heterocycles. The number of unbranched alkanes of at least 4 members (excludes halogenated alkanes) is 2. The number of esters is 1. The maximum absolute atomic E-state index is 13.1. The third-order valence-electron chi connectivity index (χ3n) is 10.1. The summed E-state index contributed by atoms with van der Waals surface area (Å²) in [5.74, 6) is 0.767. The van der Waals surface area contributed by atoms with Crippen LogP contribution in [-0.2, 0) is 33.3 Å². The summed E-state index contributed by atoms with van der Waals surface area (Å²) < 4.78 is 29.8.